The number of carboxylic acids is 1. The number of hydrogen-bond acceptors (Lipinski definition) is 4. The first-order valence-corrected chi connectivity index (χ1v) is 7.67. The Kier molecular flexibility index (Phi) is 6.08. The standard InChI is InChI=1S/C16H16ClN3O4/c17-12-5-2-1-4-11(12)13-7-8-15(22)20(19-13)10-14(21)18-9-3-6-16(23)24/h1-2,4-5,7-8H,3,6,9-10H2,(H,18,21)(H,23,24). The van der Waals surface area contributed by atoms with E-state index in [0.717, 1.165) is 4.68 Å². The van der Waals surface area contributed by atoms with E-state index in [2.05, 4.69) is 10.4 Å². The largest absolute Gasteiger partial charge is 0.481 e. The summed E-state index contributed by atoms with van der Waals surface area (Å²) >= 11 is 6.11. The molecule has 2 rings (SSSR count). The molecule has 1 aromatic carbocycles. The second kappa shape index (κ2) is 8.26. The summed E-state index contributed by atoms with van der Waals surface area (Å²) in [6.45, 7) is -0.0196. The number of carbonyl (C=O) groups is 2. The van der Waals surface area contributed by atoms with Gasteiger partial charge in [0.2, 0.25) is 5.91 Å². The second-order valence-electron chi connectivity index (χ2n) is 5.04. The molecule has 0 bridgehead atoms. The topological polar surface area (TPSA) is 101 Å². The number of carboxylic acid groups (broad SMARTS) is 1. The summed E-state index contributed by atoms with van der Waals surface area (Å²) in [7, 11) is 0. The maximum atomic E-state index is 11.9. The first kappa shape index (κ1) is 17.7. The number of carbonyl (C=O) groups excluding carboxylic acids is 1. The molecule has 0 saturated carbocycles. The molecule has 2 N–H and O–H groups in total. The number of halogens is 1. The third kappa shape index (κ3) is 4.92. The molecule has 7 nitrogen and oxygen atoms in total. The maximum absolute atomic E-state index is 11.9. The molecule has 0 radical (unpaired) electrons. The van der Waals surface area contributed by atoms with Crippen molar-refractivity contribution in [3.8, 4) is 11.3 Å². The molecule has 0 aliphatic rings. The van der Waals surface area contributed by atoms with Crippen molar-refractivity contribution < 1.29 is 14.7 Å². The van der Waals surface area contributed by atoms with E-state index in [-0.39, 0.29) is 19.5 Å². The summed E-state index contributed by atoms with van der Waals surface area (Å²) in [6.07, 6.45) is 0.295. The Bertz CT molecular complexity index is 804. The highest BCUT2D eigenvalue weighted by atomic mass is 35.5. The third-order valence-electron chi connectivity index (χ3n) is 3.20. The van der Waals surface area contributed by atoms with Crippen LogP contribution in [-0.4, -0.2) is 33.3 Å². The van der Waals surface area contributed by atoms with Crippen molar-refractivity contribution in [3.63, 3.8) is 0 Å². The fourth-order valence-electron chi connectivity index (χ4n) is 2.03. The SMILES string of the molecule is O=C(O)CCCNC(=O)Cn1nc(-c2ccccc2Cl)ccc1=O. The number of aliphatic carboxylic acids is 1. The van der Waals surface area contributed by atoms with Gasteiger partial charge in [0.25, 0.3) is 5.56 Å². The predicted molar refractivity (Wildman–Crippen MR) is 88.8 cm³/mol. The number of aromatic nitrogens is 2. The molecular weight excluding hydrogens is 334 g/mol. The van der Waals surface area contributed by atoms with Gasteiger partial charge in [-0.25, -0.2) is 4.68 Å². The number of nitrogens with zero attached hydrogens (tertiary/aromatic N) is 2. The molecule has 24 heavy (non-hydrogen) atoms. The maximum Gasteiger partial charge on any atom is 0.303 e. The van der Waals surface area contributed by atoms with E-state index in [1.54, 1.807) is 30.3 Å². The van der Waals surface area contributed by atoms with E-state index in [4.69, 9.17) is 16.7 Å². The Morgan fingerprint density at radius 3 is 2.67 bits per heavy atom. The average Bonchev–Trinajstić information content (AvgIpc) is 2.54. The fourth-order valence-corrected chi connectivity index (χ4v) is 2.27. The van der Waals surface area contributed by atoms with Gasteiger partial charge < -0.3 is 10.4 Å². The second-order valence-corrected chi connectivity index (χ2v) is 5.45. The summed E-state index contributed by atoms with van der Waals surface area (Å²) in [4.78, 5) is 34.1. The molecule has 2 aromatic rings. The molecule has 0 saturated heterocycles. The van der Waals surface area contributed by atoms with Crippen molar-refractivity contribution in [2.45, 2.75) is 19.4 Å². The van der Waals surface area contributed by atoms with E-state index in [9.17, 15) is 14.4 Å². The van der Waals surface area contributed by atoms with Crippen molar-refractivity contribution in [1.82, 2.24) is 15.1 Å². The number of nitrogens with one attached hydrogen (secondary N) is 1. The Balaban J connectivity index is 2.07. The van der Waals surface area contributed by atoms with Crippen LogP contribution >= 0.6 is 11.6 Å². The van der Waals surface area contributed by atoms with Gasteiger partial charge in [0.15, 0.2) is 0 Å². The fraction of sp³-hybridized carbons (Fsp3) is 0.250. The Hall–Kier alpha value is -2.67. The van der Waals surface area contributed by atoms with Crippen LogP contribution in [0.3, 0.4) is 0 Å². The lowest BCUT2D eigenvalue weighted by molar-refractivity contribution is -0.137. The Morgan fingerprint density at radius 1 is 1.21 bits per heavy atom. The molecule has 8 heteroatoms. The van der Waals surface area contributed by atoms with Crippen LogP contribution in [0, 0.1) is 0 Å². The molecule has 0 aliphatic heterocycles. The zero-order valence-electron chi connectivity index (χ0n) is 12.7. The first-order valence-electron chi connectivity index (χ1n) is 7.29. The van der Waals surface area contributed by atoms with Crippen molar-refractivity contribution in [2.24, 2.45) is 0 Å². The number of amides is 1. The van der Waals surface area contributed by atoms with Gasteiger partial charge in [-0.2, -0.15) is 5.10 Å². The number of benzene rings is 1. The summed E-state index contributed by atoms with van der Waals surface area (Å²) < 4.78 is 1.05. The van der Waals surface area contributed by atoms with Gasteiger partial charge in [-0.3, -0.25) is 14.4 Å². The smallest absolute Gasteiger partial charge is 0.303 e. The molecule has 0 spiro atoms. The van der Waals surface area contributed by atoms with Gasteiger partial charge in [0.05, 0.1) is 10.7 Å². The van der Waals surface area contributed by atoms with E-state index in [1.807, 2.05) is 0 Å². The minimum atomic E-state index is -0.922. The molecular formula is C16H16ClN3O4. The third-order valence-corrected chi connectivity index (χ3v) is 3.53. The molecule has 1 amide bonds. The lowest BCUT2D eigenvalue weighted by Crippen LogP contribution is -2.34. The lowest BCUT2D eigenvalue weighted by atomic mass is 10.1. The molecule has 0 aliphatic carbocycles. The van der Waals surface area contributed by atoms with Crippen LogP contribution < -0.4 is 10.9 Å². The van der Waals surface area contributed by atoms with Crippen molar-refractivity contribution in [3.05, 3.63) is 51.8 Å². The highest BCUT2D eigenvalue weighted by molar-refractivity contribution is 6.33. The van der Waals surface area contributed by atoms with Crippen LogP contribution in [0.25, 0.3) is 11.3 Å². The molecule has 1 aromatic heterocycles. The van der Waals surface area contributed by atoms with Gasteiger partial charge in [-0.05, 0) is 18.6 Å². The van der Waals surface area contributed by atoms with Gasteiger partial charge in [0.1, 0.15) is 6.54 Å². The van der Waals surface area contributed by atoms with E-state index < -0.39 is 17.4 Å². The summed E-state index contributed by atoms with van der Waals surface area (Å²) in [5.41, 5.74) is 0.736. The van der Waals surface area contributed by atoms with E-state index >= 15 is 0 Å². The van der Waals surface area contributed by atoms with Gasteiger partial charge >= 0.3 is 5.97 Å². The Morgan fingerprint density at radius 2 is 1.96 bits per heavy atom. The number of hydrogen-bond donors (Lipinski definition) is 2. The lowest BCUT2D eigenvalue weighted by Gasteiger charge is -2.08. The number of rotatable bonds is 7. The molecule has 126 valence electrons. The van der Waals surface area contributed by atoms with E-state index in [0.29, 0.717) is 22.7 Å². The van der Waals surface area contributed by atoms with Crippen molar-refractivity contribution in [1.29, 1.82) is 0 Å². The zero-order chi connectivity index (χ0) is 17.5. The highest BCUT2D eigenvalue weighted by Crippen LogP contribution is 2.24. The van der Waals surface area contributed by atoms with Crippen LogP contribution in [0.4, 0.5) is 0 Å². The summed E-state index contributed by atoms with van der Waals surface area (Å²) in [6, 6.07) is 9.93. The van der Waals surface area contributed by atoms with Gasteiger partial charge in [-0.15, -0.1) is 0 Å². The average molecular weight is 350 g/mol. The monoisotopic (exact) mass is 349 g/mol. The summed E-state index contributed by atoms with van der Waals surface area (Å²) in [5.74, 6) is -1.33. The van der Waals surface area contributed by atoms with Crippen LogP contribution in [0.15, 0.2) is 41.2 Å². The molecule has 0 atom stereocenters. The van der Waals surface area contributed by atoms with Gasteiger partial charge in [-0.1, -0.05) is 29.8 Å². The quantitative estimate of drug-likeness (QED) is 0.738. The first-order chi connectivity index (χ1) is 11.5. The van der Waals surface area contributed by atoms with Crippen LogP contribution in [0.1, 0.15) is 12.8 Å². The molecule has 1 heterocycles. The van der Waals surface area contributed by atoms with Crippen molar-refractivity contribution >= 4 is 23.5 Å². The van der Waals surface area contributed by atoms with Crippen LogP contribution in [0.5, 0.6) is 0 Å². The normalized spacial score (nSPS) is 10.4. The van der Waals surface area contributed by atoms with Crippen LogP contribution in [0.2, 0.25) is 5.02 Å². The van der Waals surface area contributed by atoms with Crippen molar-refractivity contribution in [2.75, 3.05) is 6.54 Å². The minimum Gasteiger partial charge on any atom is -0.481 e. The Labute approximate surface area is 142 Å². The molecule has 0 unspecified atom stereocenters. The minimum absolute atomic E-state index is 0.0273. The highest BCUT2D eigenvalue weighted by Gasteiger charge is 2.09. The predicted octanol–water partition coefficient (Wildman–Crippen LogP) is 1.54. The van der Waals surface area contributed by atoms with Gasteiger partial charge in [0, 0.05) is 24.6 Å². The zero-order valence-corrected chi connectivity index (χ0v) is 13.5. The van der Waals surface area contributed by atoms with E-state index in [1.165, 1.54) is 6.07 Å². The van der Waals surface area contributed by atoms with Crippen LogP contribution in [-0.2, 0) is 16.1 Å². The molecule has 0 fully saturated rings. The summed E-state index contributed by atoms with van der Waals surface area (Å²) in [5, 5.41) is 15.7.